The zero-order chi connectivity index (χ0) is 25.5. The maximum atomic E-state index is 12.2. The minimum absolute atomic E-state index is 0.00444. The highest BCUT2D eigenvalue weighted by Crippen LogP contribution is 2.37. The summed E-state index contributed by atoms with van der Waals surface area (Å²) in [6.07, 6.45) is 0.485. The number of methoxy groups -OCH3 is 2. The molecule has 0 saturated carbocycles. The maximum absolute atomic E-state index is 12.2. The van der Waals surface area contributed by atoms with Crippen molar-refractivity contribution in [1.82, 2.24) is 5.01 Å². The van der Waals surface area contributed by atoms with Crippen molar-refractivity contribution in [3.8, 4) is 0 Å². The molecule has 35 heavy (non-hydrogen) atoms. The lowest BCUT2D eigenvalue weighted by atomic mass is 9.98. The molecule has 0 bridgehead atoms. The third-order valence-corrected chi connectivity index (χ3v) is 6.47. The van der Waals surface area contributed by atoms with Gasteiger partial charge >= 0.3 is 11.9 Å². The molecule has 184 valence electrons. The molecule has 0 aromatic heterocycles. The van der Waals surface area contributed by atoms with Crippen molar-refractivity contribution in [3.63, 3.8) is 0 Å². The van der Waals surface area contributed by atoms with E-state index in [1.807, 2.05) is 33.0 Å². The molecule has 1 aliphatic heterocycles. The number of fused-ring (bicyclic) bond motifs is 4. The molecule has 0 fully saturated rings. The monoisotopic (exact) mass is 480 g/mol. The molecular formula is C26H28N2O7. The highest BCUT2D eigenvalue weighted by atomic mass is 16.6. The van der Waals surface area contributed by atoms with E-state index < -0.39 is 23.0 Å². The lowest BCUT2D eigenvalue weighted by molar-refractivity contribution is -0.166. The van der Waals surface area contributed by atoms with Crippen LogP contribution in [0.1, 0.15) is 38.2 Å². The standard InChI is InChI=1S/C14H16N2O3.C12H12O4/c1-9-4-5-11-10(6-9)7-14(13(17)18-3)12(11)15-16(2)8-19-14;1-7-3-4-9-8(5-7)6-12(15,10(9)13)11(14)16-2/h4-6H,7-8H2,1-3H3;3-5,15H,6H2,1-2H3. The highest BCUT2D eigenvalue weighted by Gasteiger charge is 2.54. The van der Waals surface area contributed by atoms with E-state index in [0.29, 0.717) is 23.3 Å². The highest BCUT2D eigenvalue weighted by molar-refractivity contribution is 6.22. The smallest absolute Gasteiger partial charge is 0.346 e. The van der Waals surface area contributed by atoms with Crippen LogP contribution in [0.4, 0.5) is 0 Å². The fourth-order valence-electron chi connectivity index (χ4n) is 4.72. The molecule has 2 unspecified atom stereocenters. The lowest BCUT2D eigenvalue weighted by Gasteiger charge is -2.33. The molecule has 5 rings (SSSR count). The fraction of sp³-hybridized carbons (Fsp3) is 0.385. The van der Waals surface area contributed by atoms with Crippen LogP contribution in [0, 0.1) is 13.8 Å². The zero-order valence-corrected chi connectivity index (χ0v) is 20.4. The quantitative estimate of drug-likeness (QED) is 0.511. The summed E-state index contributed by atoms with van der Waals surface area (Å²) in [6.45, 7) is 4.20. The topological polar surface area (TPSA) is 115 Å². The Bertz CT molecular complexity index is 1250. The molecule has 0 radical (unpaired) electrons. The molecule has 1 N–H and O–H groups in total. The van der Waals surface area contributed by atoms with Gasteiger partial charge in [-0.3, -0.25) is 9.80 Å². The summed E-state index contributed by atoms with van der Waals surface area (Å²) in [6, 6.07) is 11.3. The third-order valence-electron chi connectivity index (χ3n) is 6.47. The molecule has 3 aliphatic rings. The molecule has 2 atom stereocenters. The normalized spacial score (nSPS) is 23.9. The summed E-state index contributed by atoms with van der Waals surface area (Å²) in [5.41, 5.74) is 2.84. The fourth-order valence-corrected chi connectivity index (χ4v) is 4.72. The van der Waals surface area contributed by atoms with Crippen molar-refractivity contribution in [2.75, 3.05) is 28.0 Å². The van der Waals surface area contributed by atoms with Crippen LogP contribution in [0.5, 0.6) is 0 Å². The number of nitrogens with zero attached hydrogens (tertiary/aromatic N) is 2. The average Bonchev–Trinajstić information content (AvgIpc) is 3.29. The molecular weight excluding hydrogens is 452 g/mol. The SMILES string of the molecule is COC(=O)C1(O)Cc2cc(C)ccc2C1=O.COC(=O)C12Cc3cc(C)ccc3C1=NN(C)CO2. The number of ketones is 1. The van der Waals surface area contributed by atoms with Gasteiger partial charge in [-0.1, -0.05) is 47.5 Å². The molecule has 0 saturated heterocycles. The predicted molar refractivity (Wildman–Crippen MR) is 126 cm³/mol. The van der Waals surface area contributed by atoms with Gasteiger partial charge in [-0.15, -0.1) is 0 Å². The van der Waals surface area contributed by atoms with E-state index in [2.05, 4.69) is 15.9 Å². The van der Waals surface area contributed by atoms with E-state index in [9.17, 15) is 19.5 Å². The molecule has 2 aromatic carbocycles. The number of Topliss-reactive ketones (excluding diaryl/α,β-unsaturated/α-hetero) is 1. The first-order chi connectivity index (χ1) is 16.6. The van der Waals surface area contributed by atoms with Gasteiger partial charge in [0, 0.05) is 31.0 Å². The van der Waals surface area contributed by atoms with E-state index in [0.717, 1.165) is 29.4 Å². The number of ether oxygens (including phenoxy) is 3. The Morgan fingerprint density at radius 2 is 1.54 bits per heavy atom. The van der Waals surface area contributed by atoms with Crippen LogP contribution < -0.4 is 0 Å². The molecule has 2 aromatic rings. The van der Waals surface area contributed by atoms with Gasteiger partial charge < -0.3 is 19.3 Å². The first-order valence-electron chi connectivity index (χ1n) is 11.1. The van der Waals surface area contributed by atoms with Crippen LogP contribution in [0.15, 0.2) is 41.5 Å². The third kappa shape index (κ3) is 4.00. The molecule has 2 aliphatic carbocycles. The van der Waals surface area contributed by atoms with Gasteiger partial charge in [-0.25, -0.2) is 9.59 Å². The van der Waals surface area contributed by atoms with Crippen LogP contribution in [0.2, 0.25) is 0 Å². The second kappa shape index (κ2) is 8.90. The summed E-state index contributed by atoms with van der Waals surface area (Å²) in [5, 5.41) is 16.2. The lowest BCUT2D eigenvalue weighted by Crippen LogP contribution is -2.53. The second-order valence-electron chi connectivity index (χ2n) is 9.05. The number of carbonyl (C=O) groups excluding carboxylic acids is 3. The largest absolute Gasteiger partial charge is 0.467 e. The summed E-state index contributed by atoms with van der Waals surface area (Å²) >= 11 is 0. The van der Waals surface area contributed by atoms with E-state index in [-0.39, 0.29) is 19.1 Å². The Balaban J connectivity index is 0.000000168. The maximum Gasteiger partial charge on any atom is 0.346 e. The van der Waals surface area contributed by atoms with Crippen molar-refractivity contribution in [3.05, 3.63) is 69.8 Å². The number of aryl methyl sites for hydroxylation is 2. The Morgan fingerprint density at radius 3 is 2.14 bits per heavy atom. The molecule has 1 heterocycles. The van der Waals surface area contributed by atoms with Gasteiger partial charge in [-0.2, -0.15) is 5.10 Å². The second-order valence-corrected chi connectivity index (χ2v) is 9.05. The zero-order valence-electron chi connectivity index (χ0n) is 20.4. The summed E-state index contributed by atoms with van der Waals surface area (Å²) < 4.78 is 15.2. The molecule has 0 amide bonds. The Hall–Kier alpha value is -3.56. The number of aliphatic hydroxyl groups is 1. The van der Waals surface area contributed by atoms with Crippen LogP contribution in [0.3, 0.4) is 0 Å². The Kier molecular flexibility index (Phi) is 6.25. The van der Waals surface area contributed by atoms with Gasteiger partial charge in [0.15, 0.2) is 0 Å². The van der Waals surface area contributed by atoms with Crippen LogP contribution >= 0.6 is 0 Å². The van der Waals surface area contributed by atoms with Gasteiger partial charge in [0.25, 0.3) is 0 Å². The summed E-state index contributed by atoms with van der Waals surface area (Å²) in [4.78, 5) is 35.5. The van der Waals surface area contributed by atoms with Crippen LogP contribution in [0.25, 0.3) is 0 Å². The van der Waals surface area contributed by atoms with E-state index in [1.165, 1.54) is 7.11 Å². The van der Waals surface area contributed by atoms with Crippen LogP contribution in [-0.2, 0) is 36.6 Å². The van der Waals surface area contributed by atoms with Crippen molar-refractivity contribution in [2.45, 2.75) is 37.9 Å². The Labute approximate surface area is 203 Å². The number of hydrazone groups is 1. The Morgan fingerprint density at radius 1 is 0.971 bits per heavy atom. The first-order valence-corrected chi connectivity index (χ1v) is 11.1. The van der Waals surface area contributed by atoms with Crippen molar-refractivity contribution >= 4 is 23.4 Å². The first kappa shape index (κ1) is 24.6. The van der Waals surface area contributed by atoms with Crippen LogP contribution in [-0.4, -0.2) is 72.7 Å². The van der Waals surface area contributed by atoms with Gasteiger partial charge in [-0.05, 0) is 25.0 Å². The minimum atomic E-state index is -2.04. The average molecular weight is 481 g/mol. The summed E-state index contributed by atoms with van der Waals surface area (Å²) in [5.74, 6) is -1.85. The molecule has 9 heteroatoms. The number of benzene rings is 2. The number of hydrogen-bond acceptors (Lipinski definition) is 9. The molecule has 0 spiro atoms. The number of carbonyl (C=O) groups is 3. The number of esters is 2. The van der Waals surface area contributed by atoms with Gasteiger partial charge in [0.1, 0.15) is 12.4 Å². The van der Waals surface area contributed by atoms with Gasteiger partial charge in [0.05, 0.1) is 14.2 Å². The van der Waals surface area contributed by atoms with Crippen molar-refractivity contribution < 1.29 is 33.7 Å². The van der Waals surface area contributed by atoms with Crippen molar-refractivity contribution in [2.24, 2.45) is 5.10 Å². The van der Waals surface area contributed by atoms with E-state index in [4.69, 9.17) is 9.47 Å². The van der Waals surface area contributed by atoms with Crippen molar-refractivity contribution in [1.29, 1.82) is 0 Å². The van der Waals surface area contributed by atoms with E-state index in [1.54, 1.807) is 23.2 Å². The predicted octanol–water partition coefficient (Wildman–Crippen LogP) is 1.72. The number of hydrogen-bond donors (Lipinski definition) is 1. The summed E-state index contributed by atoms with van der Waals surface area (Å²) in [7, 11) is 4.35. The van der Waals surface area contributed by atoms with E-state index >= 15 is 0 Å². The molecule has 9 nitrogen and oxygen atoms in total. The number of rotatable bonds is 2. The minimum Gasteiger partial charge on any atom is -0.467 e. The van der Waals surface area contributed by atoms with Gasteiger partial charge in [0.2, 0.25) is 17.0 Å².